The Hall–Kier alpha value is -3.26. The zero-order valence-electron chi connectivity index (χ0n) is 16.4. The molecule has 0 aliphatic rings. The maximum atomic E-state index is 12.9. The summed E-state index contributed by atoms with van der Waals surface area (Å²) in [7, 11) is -0.966. The van der Waals surface area contributed by atoms with Crippen LogP contribution in [0.2, 0.25) is 0 Å². The van der Waals surface area contributed by atoms with Gasteiger partial charge in [0.1, 0.15) is 16.4 Å². The Morgan fingerprint density at radius 2 is 1.86 bits per heavy atom. The first-order valence-corrected chi connectivity index (χ1v) is 10.3. The van der Waals surface area contributed by atoms with Crippen molar-refractivity contribution in [2.24, 2.45) is 0 Å². The highest BCUT2D eigenvalue weighted by Gasteiger charge is 2.23. The highest BCUT2D eigenvalue weighted by molar-refractivity contribution is 7.92. The van der Waals surface area contributed by atoms with E-state index < -0.39 is 10.0 Å². The molecule has 152 valence electrons. The zero-order valence-corrected chi connectivity index (χ0v) is 17.2. The number of methoxy groups -OCH3 is 1. The first-order valence-electron chi connectivity index (χ1n) is 8.85. The lowest BCUT2D eigenvalue weighted by molar-refractivity contribution is 0.0775. The van der Waals surface area contributed by atoms with Crippen LogP contribution in [0, 0.1) is 6.92 Å². The van der Waals surface area contributed by atoms with Crippen LogP contribution in [0.15, 0.2) is 70.2 Å². The second kappa shape index (κ2) is 8.40. The predicted octanol–water partition coefficient (Wildman–Crippen LogP) is 3.67. The quantitative estimate of drug-likeness (QED) is 0.637. The van der Waals surface area contributed by atoms with E-state index in [4.69, 9.17) is 9.15 Å². The number of hydrogen-bond donors (Lipinski definition) is 1. The summed E-state index contributed by atoms with van der Waals surface area (Å²) in [6.07, 6.45) is 1.53. The smallest absolute Gasteiger partial charge is 0.265 e. The van der Waals surface area contributed by atoms with E-state index in [9.17, 15) is 13.2 Å². The van der Waals surface area contributed by atoms with Crippen LogP contribution in [0.3, 0.4) is 0 Å². The number of rotatable bonds is 7. The lowest BCUT2D eigenvalue weighted by Crippen LogP contribution is -2.26. The number of sulfonamides is 1. The van der Waals surface area contributed by atoms with Gasteiger partial charge in [0.2, 0.25) is 0 Å². The van der Waals surface area contributed by atoms with Crippen LogP contribution in [0.25, 0.3) is 0 Å². The third kappa shape index (κ3) is 4.78. The summed E-state index contributed by atoms with van der Waals surface area (Å²) in [4.78, 5) is 14.1. The second-order valence-corrected chi connectivity index (χ2v) is 8.23. The van der Waals surface area contributed by atoms with Gasteiger partial charge in [-0.1, -0.05) is 17.7 Å². The molecule has 1 N–H and O–H groups in total. The molecule has 0 saturated heterocycles. The molecular formula is C21H22N2O5S. The molecule has 3 aromatic rings. The summed E-state index contributed by atoms with van der Waals surface area (Å²) in [6.45, 7) is 2.18. The lowest BCUT2D eigenvalue weighted by atomic mass is 10.2. The second-order valence-electron chi connectivity index (χ2n) is 6.58. The SMILES string of the molecule is COc1ccc(C(=O)N(C)Cc2ccco2)cc1S(=O)(=O)Nc1ccc(C)cc1. The standard InChI is InChI=1S/C21H22N2O5S/c1-15-6-9-17(10-7-15)22-29(25,26)20-13-16(8-11-19(20)27-3)21(24)23(2)14-18-5-4-12-28-18/h4-13,22H,14H2,1-3H3. The molecule has 0 bridgehead atoms. The number of hydrogen-bond acceptors (Lipinski definition) is 5. The molecular weight excluding hydrogens is 392 g/mol. The number of carbonyl (C=O) groups is 1. The molecule has 0 saturated carbocycles. The minimum atomic E-state index is -3.96. The van der Waals surface area contributed by atoms with E-state index in [0.29, 0.717) is 11.4 Å². The van der Waals surface area contributed by atoms with Crippen molar-refractivity contribution in [3.8, 4) is 5.75 Å². The van der Waals surface area contributed by atoms with E-state index >= 15 is 0 Å². The fourth-order valence-corrected chi connectivity index (χ4v) is 4.03. The Morgan fingerprint density at radius 1 is 1.14 bits per heavy atom. The van der Waals surface area contributed by atoms with Crippen molar-refractivity contribution in [3.63, 3.8) is 0 Å². The largest absolute Gasteiger partial charge is 0.495 e. The van der Waals surface area contributed by atoms with Gasteiger partial charge in [-0.3, -0.25) is 9.52 Å². The molecule has 29 heavy (non-hydrogen) atoms. The highest BCUT2D eigenvalue weighted by Crippen LogP contribution is 2.27. The van der Waals surface area contributed by atoms with Gasteiger partial charge >= 0.3 is 0 Å². The van der Waals surface area contributed by atoms with E-state index in [2.05, 4.69) is 4.72 Å². The number of furan rings is 1. The molecule has 1 heterocycles. The van der Waals surface area contributed by atoms with Gasteiger partial charge in [0.05, 0.1) is 19.9 Å². The lowest BCUT2D eigenvalue weighted by Gasteiger charge is -2.17. The number of nitrogens with zero attached hydrogens (tertiary/aromatic N) is 1. The maximum Gasteiger partial charge on any atom is 0.265 e. The van der Waals surface area contributed by atoms with Crippen LogP contribution in [0.5, 0.6) is 5.75 Å². The van der Waals surface area contributed by atoms with Crippen molar-refractivity contribution in [2.75, 3.05) is 18.9 Å². The van der Waals surface area contributed by atoms with Crippen LogP contribution in [-0.4, -0.2) is 33.4 Å². The minimum Gasteiger partial charge on any atom is -0.495 e. The Morgan fingerprint density at radius 3 is 2.48 bits per heavy atom. The van der Waals surface area contributed by atoms with Crippen LogP contribution < -0.4 is 9.46 Å². The van der Waals surface area contributed by atoms with E-state index in [1.54, 1.807) is 43.4 Å². The maximum absolute atomic E-state index is 12.9. The van der Waals surface area contributed by atoms with Crippen LogP contribution in [-0.2, 0) is 16.6 Å². The van der Waals surface area contributed by atoms with Gasteiger partial charge in [0.25, 0.3) is 15.9 Å². The molecule has 0 fully saturated rings. The van der Waals surface area contributed by atoms with E-state index in [1.807, 2.05) is 6.92 Å². The molecule has 8 heteroatoms. The average molecular weight is 414 g/mol. The van der Waals surface area contributed by atoms with Crippen molar-refractivity contribution in [1.82, 2.24) is 4.90 Å². The molecule has 3 rings (SSSR count). The first-order chi connectivity index (χ1) is 13.8. The van der Waals surface area contributed by atoms with Gasteiger partial charge < -0.3 is 14.1 Å². The predicted molar refractivity (Wildman–Crippen MR) is 109 cm³/mol. The molecule has 1 aromatic heterocycles. The summed E-state index contributed by atoms with van der Waals surface area (Å²) in [5.41, 5.74) is 1.66. The molecule has 0 unspecified atom stereocenters. The van der Waals surface area contributed by atoms with Crippen molar-refractivity contribution in [2.45, 2.75) is 18.4 Å². The number of nitrogens with one attached hydrogen (secondary N) is 1. The van der Waals surface area contributed by atoms with Crippen molar-refractivity contribution < 1.29 is 22.4 Å². The van der Waals surface area contributed by atoms with Gasteiger partial charge in [-0.25, -0.2) is 8.42 Å². The van der Waals surface area contributed by atoms with Crippen molar-refractivity contribution >= 4 is 21.6 Å². The summed E-state index contributed by atoms with van der Waals surface area (Å²) in [5, 5.41) is 0. The van der Waals surface area contributed by atoms with Crippen LogP contribution >= 0.6 is 0 Å². The number of anilines is 1. The number of carbonyl (C=O) groups excluding carboxylic acids is 1. The third-order valence-electron chi connectivity index (χ3n) is 4.32. The summed E-state index contributed by atoms with van der Waals surface area (Å²) in [6, 6.07) is 14.8. The van der Waals surface area contributed by atoms with Crippen LogP contribution in [0.4, 0.5) is 5.69 Å². The molecule has 2 aromatic carbocycles. The Balaban J connectivity index is 1.89. The topological polar surface area (TPSA) is 88.8 Å². The summed E-state index contributed by atoms with van der Waals surface area (Å²) in [5.74, 6) is 0.439. The zero-order chi connectivity index (χ0) is 21.0. The van der Waals surface area contributed by atoms with E-state index in [-0.39, 0.29) is 28.7 Å². The van der Waals surface area contributed by atoms with Crippen molar-refractivity contribution in [1.29, 1.82) is 0 Å². The number of benzene rings is 2. The summed E-state index contributed by atoms with van der Waals surface area (Å²) >= 11 is 0. The fourth-order valence-electron chi connectivity index (χ4n) is 2.78. The molecule has 1 amide bonds. The monoisotopic (exact) mass is 414 g/mol. The first kappa shape index (κ1) is 20.5. The van der Waals surface area contributed by atoms with Gasteiger partial charge in [-0.2, -0.15) is 0 Å². The normalized spacial score (nSPS) is 11.1. The molecule has 0 aliphatic heterocycles. The Bertz CT molecular complexity index is 1090. The van der Waals surface area contributed by atoms with E-state index in [1.165, 1.54) is 36.5 Å². The van der Waals surface area contributed by atoms with Crippen LogP contribution in [0.1, 0.15) is 21.7 Å². The van der Waals surface area contributed by atoms with Gasteiger partial charge in [-0.15, -0.1) is 0 Å². The number of ether oxygens (including phenoxy) is 1. The fraction of sp³-hybridized carbons (Fsp3) is 0.190. The highest BCUT2D eigenvalue weighted by atomic mass is 32.2. The number of aryl methyl sites for hydroxylation is 1. The molecule has 0 aliphatic carbocycles. The molecule has 0 atom stereocenters. The third-order valence-corrected chi connectivity index (χ3v) is 5.73. The Kier molecular flexibility index (Phi) is 5.93. The van der Waals surface area contributed by atoms with Gasteiger partial charge in [0, 0.05) is 18.3 Å². The average Bonchev–Trinajstić information content (AvgIpc) is 3.21. The Labute approximate surface area is 170 Å². The van der Waals surface area contributed by atoms with Gasteiger partial charge in [-0.05, 0) is 49.4 Å². The number of amides is 1. The minimum absolute atomic E-state index is 0.113. The molecule has 0 spiro atoms. The van der Waals surface area contributed by atoms with E-state index in [0.717, 1.165) is 5.56 Å². The van der Waals surface area contributed by atoms with Gasteiger partial charge in [0.15, 0.2) is 0 Å². The molecule has 7 nitrogen and oxygen atoms in total. The molecule has 0 radical (unpaired) electrons. The van der Waals surface area contributed by atoms with Crippen molar-refractivity contribution in [3.05, 3.63) is 77.7 Å². The summed E-state index contributed by atoms with van der Waals surface area (Å²) < 4.78 is 38.9.